The Bertz CT molecular complexity index is 1570. The van der Waals surface area contributed by atoms with E-state index in [1.54, 1.807) is 0 Å². The summed E-state index contributed by atoms with van der Waals surface area (Å²) in [5, 5.41) is 0.0164. The molecule has 2 aromatic heterocycles. The molecule has 0 aliphatic heterocycles. The average molecular weight is 493 g/mol. The van der Waals surface area contributed by atoms with Crippen molar-refractivity contribution in [3.05, 3.63) is 91.2 Å². The summed E-state index contributed by atoms with van der Waals surface area (Å²) in [5.74, 6) is -1.79. The third kappa shape index (κ3) is 4.43. The van der Waals surface area contributed by atoms with Gasteiger partial charge in [0.25, 0.3) is 5.56 Å². The number of carbonyl (C=O) groups excluding carboxylic acids is 1. The van der Waals surface area contributed by atoms with Gasteiger partial charge in [0.05, 0.1) is 20.9 Å². The number of aromatic amines is 1. The lowest BCUT2D eigenvalue weighted by molar-refractivity contribution is -0.116. The van der Waals surface area contributed by atoms with E-state index < -0.39 is 38.4 Å². The number of H-pyrrole nitrogens is 1. The summed E-state index contributed by atoms with van der Waals surface area (Å²) in [6, 6.07) is 12.2. The van der Waals surface area contributed by atoms with Crippen molar-refractivity contribution in [1.82, 2.24) is 9.55 Å². The SMILES string of the molecule is O=C(Cc1ccc(-n2c(=O)[nH]c3ccc(F)cc3c2=O)cc1)CS(=O)(=O)c1ccc(Cl)s1. The summed E-state index contributed by atoms with van der Waals surface area (Å²) < 4.78 is 39.4. The Kier molecular flexibility index (Phi) is 5.85. The van der Waals surface area contributed by atoms with Crippen molar-refractivity contribution in [2.24, 2.45) is 0 Å². The quantitative estimate of drug-likeness (QED) is 0.445. The summed E-state index contributed by atoms with van der Waals surface area (Å²) in [4.78, 5) is 39.9. The van der Waals surface area contributed by atoms with E-state index >= 15 is 0 Å². The van der Waals surface area contributed by atoms with Gasteiger partial charge in [-0.25, -0.2) is 22.2 Å². The number of halogens is 2. The van der Waals surface area contributed by atoms with Crippen LogP contribution in [0.15, 0.2) is 68.4 Å². The van der Waals surface area contributed by atoms with Crippen molar-refractivity contribution >= 4 is 49.5 Å². The molecule has 0 fully saturated rings. The first-order valence-electron chi connectivity index (χ1n) is 9.18. The molecule has 7 nitrogen and oxygen atoms in total. The number of ketones is 1. The fraction of sp³-hybridized carbons (Fsp3) is 0.0952. The Morgan fingerprint density at radius 2 is 1.78 bits per heavy atom. The van der Waals surface area contributed by atoms with Crippen molar-refractivity contribution in [2.75, 3.05) is 5.75 Å². The third-order valence-corrected chi connectivity index (χ3v) is 8.15. The Morgan fingerprint density at radius 1 is 1.06 bits per heavy atom. The van der Waals surface area contributed by atoms with Gasteiger partial charge in [-0.05, 0) is 48.0 Å². The maximum Gasteiger partial charge on any atom is 0.333 e. The number of carbonyl (C=O) groups is 1. The number of fused-ring (bicyclic) bond motifs is 1. The first-order valence-corrected chi connectivity index (χ1v) is 12.0. The lowest BCUT2D eigenvalue weighted by atomic mass is 10.1. The Morgan fingerprint density at radius 3 is 2.44 bits per heavy atom. The molecule has 2 heterocycles. The lowest BCUT2D eigenvalue weighted by Gasteiger charge is -2.08. The largest absolute Gasteiger partial charge is 0.333 e. The van der Waals surface area contributed by atoms with Crippen LogP contribution in [0.25, 0.3) is 16.6 Å². The van der Waals surface area contributed by atoms with Crippen LogP contribution in [0.5, 0.6) is 0 Å². The molecular weight excluding hydrogens is 479 g/mol. The molecule has 11 heteroatoms. The molecule has 2 aromatic carbocycles. The zero-order valence-electron chi connectivity index (χ0n) is 16.2. The van der Waals surface area contributed by atoms with Gasteiger partial charge in [-0.2, -0.15) is 0 Å². The minimum atomic E-state index is -3.78. The predicted octanol–water partition coefficient (Wildman–Crippen LogP) is 3.12. The molecule has 0 amide bonds. The topological polar surface area (TPSA) is 106 Å². The van der Waals surface area contributed by atoms with Crippen molar-refractivity contribution < 1.29 is 17.6 Å². The number of nitrogens with one attached hydrogen (secondary N) is 1. The van der Waals surface area contributed by atoms with Crippen LogP contribution in [0.3, 0.4) is 0 Å². The van der Waals surface area contributed by atoms with Crippen LogP contribution in [0.2, 0.25) is 4.34 Å². The molecule has 164 valence electrons. The second kappa shape index (κ2) is 8.45. The summed E-state index contributed by atoms with van der Waals surface area (Å²) in [5.41, 5.74) is -0.437. The van der Waals surface area contributed by atoms with Crippen LogP contribution in [0, 0.1) is 5.82 Å². The standard InChI is InChI=1S/C21H14ClFN2O5S2/c22-18-7-8-19(31-18)32(29,30)11-15(26)9-12-1-4-14(5-2-12)25-20(27)16-10-13(23)3-6-17(16)24-21(25)28/h1-8,10H,9,11H2,(H,24,28). The highest BCUT2D eigenvalue weighted by atomic mass is 35.5. The smallest absolute Gasteiger partial charge is 0.306 e. The maximum atomic E-state index is 13.5. The molecule has 4 rings (SSSR count). The second-order valence-electron chi connectivity index (χ2n) is 6.96. The van der Waals surface area contributed by atoms with Gasteiger partial charge in [0.1, 0.15) is 15.8 Å². The highest BCUT2D eigenvalue weighted by Gasteiger charge is 2.21. The van der Waals surface area contributed by atoms with Crippen molar-refractivity contribution in [2.45, 2.75) is 10.6 Å². The molecule has 0 radical (unpaired) electrons. The fourth-order valence-corrected chi connectivity index (χ4v) is 6.02. The molecule has 0 bridgehead atoms. The lowest BCUT2D eigenvalue weighted by Crippen LogP contribution is -2.33. The molecule has 1 N–H and O–H groups in total. The van der Waals surface area contributed by atoms with Crippen LogP contribution in [0.4, 0.5) is 4.39 Å². The molecule has 0 atom stereocenters. The zero-order valence-corrected chi connectivity index (χ0v) is 18.6. The molecule has 4 aromatic rings. The average Bonchev–Trinajstić information content (AvgIpc) is 3.17. The molecule has 32 heavy (non-hydrogen) atoms. The number of thiophene rings is 1. The highest BCUT2D eigenvalue weighted by molar-refractivity contribution is 7.94. The molecular formula is C21H14ClFN2O5S2. The van der Waals surface area contributed by atoms with Crippen molar-refractivity contribution in [3.63, 3.8) is 0 Å². The van der Waals surface area contributed by atoms with Gasteiger partial charge in [0, 0.05) is 6.42 Å². The molecule has 0 unspecified atom stereocenters. The molecule has 0 saturated carbocycles. The van der Waals surface area contributed by atoms with Crippen LogP contribution in [0.1, 0.15) is 5.56 Å². The third-order valence-electron chi connectivity index (χ3n) is 4.66. The van der Waals surface area contributed by atoms with E-state index in [1.807, 2.05) is 0 Å². The van der Waals surface area contributed by atoms with Crippen LogP contribution < -0.4 is 11.2 Å². The maximum absolute atomic E-state index is 13.5. The van der Waals surface area contributed by atoms with E-state index in [0.29, 0.717) is 9.90 Å². The van der Waals surface area contributed by atoms with E-state index in [2.05, 4.69) is 4.98 Å². The van der Waals surface area contributed by atoms with Gasteiger partial charge in [0.15, 0.2) is 15.6 Å². The molecule has 0 aliphatic rings. The Hall–Kier alpha value is -3.08. The van der Waals surface area contributed by atoms with Gasteiger partial charge in [-0.15, -0.1) is 11.3 Å². The monoisotopic (exact) mass is 492 g/mol. The van der Waals surface area contributed by atoms with E-state index in [0.717, 1.165) is 28.0 Å². The Balaban J connectivity index is 1.57. The first-order chi connectivity index (χ1) is 15.1. The molecule has 0 aliphatic carbocycles. The Labute approximate surface area is 189 Å². The number of Topliss-reactive ketones (excluding diaryl/α,β-unsaturated/α-hetero) is 1. The zero-order chi connectivity index (χ0) is 23.0. The van der Waals surface area contributed by atoms with E-state index in [-0.39, 0.29) is 27.2 Å². The van der Waals surface area contributed by atoms with E-state index in [1.165, 1.54) is 42.5 Å². The normalized spacial score (nSPS) is 11.7. The fourth-order valence-electron chi connectivity index (χ4n) is 3.21. The minimum Gasteiger partial charge on any atom is -0.306 e. The highest BCUT2D eigenvalue weighted by Crippen LogP contribution is 2.26. The number of sulfone groups is 1. The minimum absolute atomic E-state index is 0.0164. The van der Waals surface area contributed by atoms with Gasteiger partial charge in [-0.1, -0.05) is 23.7 Å². The predicted molar refractivity (Wildman–Crippen MR) is 120 cm³/mol. The van der Waals surface area contributed by atoms with Crippen LogP contribution in [-0.4, -0.2) is 29.5 Å². The number of hydrogen-bond donors (Lipinski definition) is 1. The first kappa shape index (κ1) is 22.1. The van der Waals surface area contributed by atoms with E-state index in [4.69, 9.17) is 11.6 Å². The number of aromatic nitrogens is 2. The van der Waals surface area contributed by atoms with Gasteiger partial charge in [0.2, 0.25) is 0 Å². The molecule has 0 saturated heterocycles. The van der Waals surface area contributed by atoms with Crippen LogP contribution >= 0.6 is 22.9 Å². The number of nitrogens with zero attached hydrogens (tertiary/aromatic N) is 1. The van der Waals surface area contributed by atoms with Crippen LogP contribution in [-0.2, 0) is 21.1 Å². The second-order valence-corrected chi connectivity index (χ2v) is 10.9. The summed E-state index contributed by atoms with van der Waals surface area (Å²) in [7, 11) is -3.78. The van der Waals surface area contributed by atoms with Crippen molar-refractivity contribution in [3.8, 4) is 5.69 Å². The summed E-state index contributed by atoms with van der Waals surface area (Å²) in [6.07, 6.45) is -0.146. The number of benzene rings is 2. The summed E-state index contributed by atoms with van der Waals surface area (Å²) in [6.45, 7) is 0. The van der Waals surface area contributed by atoms with Gasteiger partial charge >= 0.3 is 5.69 Å². The number of hydrogen-bond acceptors (Lipinski definition) is 6. The summed E-state index contributed by atoms with van der Waals surface area (Å²) >= 11 is 6.65. The van der Waals surface area contributed by atoms with Gasteiger partial charge in [-0.3, -0.25) is 9.59 Å². The van der Waals surface area contributed by atoms with Crippen molar-refractivity contribution in [1.29, 1.82) is 0 Å². The number of rotatable bonds is 6. The van der Waals surface area contributed by atoms with E-state index in [9.17, 15) is 27.2 Å². The van der Waals surface area contributed by atoms with Gasteiger partial charge < -0.3 is 4.98 Å². The molecule has 0 spiro atoms.